The van der Waals surface area contributed by atoms with E-state index in [1.54, 1.807) is 11.3 Å². The lowest BCUT2D eigenvalue weighted by Gasteiger charge is -2.20. The van der Waals surface area contributed by atoms with Crippen LogP contribution in [0.25, 0.3) is 0 Å². The maximum atomic E-state index is 11.7. The lowest BCUT2D eigenvalue weighted by Crippen LogP contribution is -2.32. The predicted octanol–water partition coefficient (Wildman–Crippen LogP) is 3.74. The number of carbonyl (C=O) groups excluding carboxylic acids is 1. The van der Waals surface area contributed by atoms with E-state index in [1.807, 2.05) is 27.7 Å². The Morgan fingerprint density at radius 1 is 1.29 bits per heavy atom. The maximum absolute atomic E-state index is 11.7. The minimum Gasteiger partial charge on any atom is -0.459 e. The summed E-state index contributed by atoms with van der Waals surface area (Å²) in [4.78, 5) is 17.6. The molecule has 0 aromatic carbocycles. The van der Waals surface area contributed by atoms with Gasteiger partial charge in [0.05, 0.1) is 17.2 Å². The van der Waals surface area contributed by atoms with Gasteiger partial charge in [-0.25, -0.2) is 4.98 Å². The van der Waals surface area contributed by atoms with Crippen LogP contribution in [0.5, 0.6) is 0 Å². The molecule has 0 saturated carbocycles. The van der Waals surface area contributed by atoms with Gasteiger partial charge < -0.3 is 4.74 Å². The van der Waals surface area contributed by atoms with Crippen molar-refractivity contribution >= 4 is 17.3 Å². The summed E-state index contributed by atoms with van der Waals surface area (Å²) in [5.74, 6) is -0.229. The molecule has 1 unspecified atom stereocenters. The van der Waals surface area contributed by atoms with E-state index in [9.17, 15) is 4.79 Å². The molecule has 0 aliphatic rings. The molecular weight excluding hydrogens is 284 g/mol. The third-order valence-electron chi connectivity index (χ3n) is 2.84. The zero-order chi connectivity index (χ0) is 16.4. The molecule has 1 heterocycles. The molecule has 5 heteroatoms. The van der Waals surface area contributed by atoms with Gasteiger partial charge in [-0.05, 0) is 34.6 Å². The van der Waals surface area contributed by atoms with Crippen LogP contribution in [0.2, 0.25) is 0 Å². The zero-order valence-corrected chi connectivity index (χ0v) is 15.3. The minimum atomic E-state index is -0.443. The van der Waals surface area contributed by atoms with Crippen LogP contribution in [0, 0.1) is 6.92 Å². The van der Waals surface area contributed by atoms with E-state index in [2.05, 4.69) is 38.0 Å². The van der Waals surface area contributed by atoms with E-state index in [-0.39, 0.29) is 24.0 Å². The summed E-state index contributed by atoms with van der Waals surface area (Å²) in [5, 5.41) is 4.35. The topological polar surface area (TPSA) is 51.2 Å². The average Bonchev–Trinajstić information content (AvgIpc) is 2.65. The Morgan fingerprint density at radius 3 is 2.29 bits per heavy atom. The predicted molar refractivity (Wildman–Crippen MR) is 87.8 cm³/mol. The Labute approximate surface area is 132 Å². The van der Waals surface area contributed by atoms with E-state index >= 15 is 0 Å². The zero-order valence-electron chi connectivity index (χ0n) is 14.5. The van der Waals surface area contributed by atoms with Crippen molar-refractivity contribution in [2.75, 3.05) is 6.54 Å². The number of nitrogens with one attached hydrogen (secondary N) is 1. The van der Waals surface area contributed by atoms with Crippen molar-refractivity contribution in [3.05, 3.63) is 15.6 Å². The quantitative estimate of drug-likeness (QED) is 0.861. The van der Waals surface area contributed by atoms with E-state index in [0.29, 0.717) is 0 Å². The van der Waals surface area contributed by atoms with Crippen LogP contribution >= 0.6 is 11.3 Å². The summed E-state index contributed by atoms with van der Waals surface area (Å²) in [6.45, 7) is 16.4. The fourth-order valence-corrected chi connectivity index (χ4v) is 2.99. The van der Waals surface area contributed by atoms with Crippen LogP contribution in [-0.4, -0.2) is 23.1 Å². The minimum absolute atomic E-state index is 0.0541. The summed E-state index contributed by atoms with van der Waals surface area (Å²) in [6.07, 6.45) is 0. The van der Waals surface area contributed by atoms with Crippen molar-refractivity contribution in [2.45, 2.75) is 72.4 Å². The molecule has 0 aliphatic carbocycles. The molecule has 1 N–H and O–H groups in total. The van der Waals surface area contributed by atoms with Crippen LogP contribution in [0.15, 0.2) is 0 Å². The third kappa shape index (κ3) is 5.75. The monoisotopic (exact) mass is 312 g/mol. The van der Waals surface area contributed by atoms with Crippen molar-refractivity contribution in [3.63, 3.8) is 0 Å². The second-order valence-corrected chi connectivity index (χ2v) is 8.44. The highest BCUT2D eigenvalue weighted by Gasteiger charge is 2.23. The van der Waals surface area contributed by atoms with Crippen LogP contribution in [-0.2, 0) is 14.9 Å². The van der Waals surface area contributed by atoms with Crippen molar-refractivity contribution in [1.82, 2.24) is 10.3 Å². The second kappa shape index (κ2) is 6.44. The molecule has 0 radical (unpaired) electrons. The first-order valence-corrected chi connectivity index (χ1v) is 8.15. The molecule has 0 amide bonds. The van der Waals surface area contributed by atoms with Crippen LogP contribution in [0.4, 0.5) is 0 Å². The molecule has 1 rings (SSSR count). The molecule has 4 nitrogen and oxygen atoms in total. The van der Waals surface area contributed by atoms with Crippen molar-refractivity contribution in [3.8, 4) is 0 Å². The molecule has 0 bridgehead atoms. The summed E-state index contributed by atoms with van der Waals surface area (Å²) in [7, 11) is 0. The number of aromatic nitrogens is 1. The summed E-state index contributed by atoms with van der Waals surface area (Å²) in [6, 6.07) is 0.0890. The van der Waals surface area contributed by atoms with Crippen molar-refractivity contribution < 1.29 is 9.53 Å². The number of thiazole rings is 1. The molecule has 120 valence electrons. The van der Waals surface area contributed by atoms with Gasteiger partial charge in [-0.1, -0.05) is 20.8 Å². The normalized spacial score (nSPS) is 14.1. The van der Waals surface area contributed by atoms with Crippen molar-refractivity contribution in [2.24, 2.45) is 0 Å². The summed E-state index contributed by atoms with van der Waals surface area (Å²) < 4.78 is 5.30. The lowest BCUT2D eigenvalue weighted by atomic mass is 9.98. The number of nitrogens with zero attached hydrogens (tertiary/aromatic N) is 1. The number of carbonyl (C=O) groups is 1. The first kappa shape index (κ1) is 18.1. The van der Waals surface area contributed by atoms with E-state index in [1.165, 1.54) is 4.88 Å². The Morgan fingerprint density at radius 2 is 1.86 bits per heavy atom. The molecule has 0 spiro atoms. The number of hydrogen-bond acceptors (Lipinski definition) is 5. The lowest BCUT2D eigenvalue weighted by molar-refractivity contribution is -0.153. The van der Waals surface area contributed by atoms with Gasteiger partial charge in [0.15, 0.2) is 0 Å². The van der Waals surface area contributed by atoms with Crippen LogP contribution < -0.4 is 5.32 Å². The Balaban J connectivity index is 2.66. The SMILES string of the molecule is Cc1nc(C(C)(C)C)sc1C(C)NCC(=O)OC(C)(C)C. The summed E-state index contributed by atoms with van der Waals surface area (Å²) in [5.41, 5.74) is 0.648. The fraction of sp³-hybridized carbons (Fsp3) is 0.750. The molecule has 0 saturated heterocycles. The number of hydrogen-bond donors (Lipinski definition) is 1. The highest BCUT2D eigenvalue weighted by Crippen LogP contribution is 2.32. The Hall–Kier alpha value is -0.940. The second-order valence-electron chi connectivity index (χ2n) is 7.41. The van der Waals surface area contributed by atoms with Crippen LogP contribution in [0.3, 0.4) is 0 Å². The van der Waals surface area contributed by atoms with Gasteiger partial charge in [0.1, 0.15) is 5.60 Å². The van der Waals surface area contributed by atoms with Gasteiger partial charge >= 0.3 is 5.97 Å². The molecule has 1 aromatic rings. The number of rotatable bonds is 4. The standard InChI is InChI=1S/C16H28N2O2S/c1-10(17-9-12(19)20-16(6,7)8)13-11(2)18-14(21-13)15(3,4)5/h10,17H,9H2,1-8H3. The van der Waals surface area contributed by atoms with Gasteiger partial charge in [0.25, 0.3) is 0 Å². The number of esters is 1. The van der Waals surface area contributed by atoms with Gasteiger partial charge in [0, 0.05) is 16.3 Å². The van der Waals surface area contributed by atoms with E-state index in [4.69, 9.17) is 4.74 Å². The maximum Gasteiger partial charge on any atom is 0.320 e. The van der Waals surface area contributed by atoms with Crippen LogP contribution in [0.1, 0.15) is 70.1 Å². The highest BCUT2D eigenvalue weighted by atomic mass is 32.1. The summed E-state index contributed by atoms with van der Waals surface area (Å²) >= 11 is 1.71. The molecule has 0 fully saturated rings. The average molecular weight is 312 g/mol. The molecule has 1 aromatic heterocycles. The van der Waals surface area contributed by atoms with Gasteiger partial charge in [-0.3, -0.25) is 10.1 Å². The number of ether oxygens (including phenoxy) is 1. The van der Waals surface area contributed by atoms with Gasteiger partial charge in [-0.2, -0.15) is 0 Å². The fourth-order valence-electron chi connectivity index (χ4n) is 1.84. The largest absolute Gasteiger partial charge is 0.459 e. The van der Waals surface area contributed by atoms with E-state index < -0.39 is 5.60 Å². The third-order valence-corrected chi connectivity index (χ3v) is 4.61. The first-order chi connectivity index (χ1) is 9.40. The first-order valence-electron chi connectivity index (χ1n) is 7.33. The van der Waals surface area contributed by atoms with Gasteiger partial charge in [-0.15, -0.1) is 11.3 Å². The Kier molecular flexibility index (Phi) is 5.56. The van der Waals surface area contributed by atoms with Gasteiger partial charge in [0.2, 0.25) is 0 Å². The van der Waals surface area contributed by atoms with E-state index in [0.717, 1.165) is 10.7 Å². The highest BCUT2D eigenvalue weighted by molar-refractivity contribution is 7.12. The smallest absolute Gasteiger partial charge is 0.320 e. The molecular formula is C16H28N2O2S. The Bertz CT molecular complexity index is 495. The van der Waals surface area contributed by atoms with Crippen molar-refractivity contribution in [1.29, 1.82) is 0 Å². The molecule has 1 atom stereocenters. The number of aryl methyl sites for hydroxylation is 1. The molecule has 21 heavy (non-hydrogen) atoms. The molecule has 0 aliphatic heterocycles.